The maximum atomic E-state index is 12.3. The van der Waals surface area contributed by atoms with Crippen molar-refractivity contribution in [2.75, 3.05) is 13.1 Å². The van der Waals surface area contributed by atoms with Crippen LogP contribution in [0.1, 0.15) is 44.7 Å². The van der Waals surface area contributed by atoms with Crippen molar-refractivity contribution in [3.63, 3.8) is 0 Å². The molecule has 1 saturated heterocycles. The van der Waals surface area contributed by atoms with Gasteiger partial charge in [0.2, 0.25) is 0 Å². The third-order valence-corrected chi connectivity index (χ3v) is 6.38. The number of carbonyl (C=O) groups is 1. The summed E-state index contributed by atoms with van der Waals surface area (Å²) in [5, 5.41) is 11.4. The maximum Gasteiger partial charge on any atom is 0.410 e. The Kier molecular flexibility index (Phi) is 6.27. The summed E-state index contributed by atoms with van der Waals surface area (Å²) in [6.07, 6.45) is 3.16. The summed E-state index contributed by atoms with van der Waals surface area (Å²) in [7, 11) is 0. The molecule has 0 atom stereocenters. The van der Waals surface area contributed by atoms with Crippen LogP contribution in [0.25, 0.3) is 21.8 Å². The summed E-state index contributed by atoms with van der Waals surface area (Å²) < 4.78 is 13.9. The van der Waals surface area contributed by atoms with Crippen LogP contribution in [-0.4, -0.2) is 45.3 Å². The fraction of sp³-hybridized carbons (Fsp3) is 0.345. The number of fused-ring (bicyclic) bond motifs is 2. The fourth-order valence-corrected chi connectivity index (χ4v) is 4.57. The van der Waals surface area contributed by atoms with Gasteiger partial charge >= 0.3 is 6.09 Å². The zero-order chi connectivity index (χ0) is 25.3. The average molecular weight is 483 g/mol. The molecule has 7 heteroatoms. The highest BCUT2D eigenvalue weighted by Gasteiger charge is 2.27. The highest BCUT2D eigenvalue weighted by molar-refractivity contribution is 5.84. The van der Waals surface area contributed by atoms with E-state index in [1.165, 1.54) is 0 Å². The Balaban J connectivity index is 1.27. The average Bonchev–Trinajstić information content (AvgIpc) is 3.25. The number of amides is 1. The quantitative estimate of drug-likeness (QED) is 0.362. The first-order valence-corrected chi connectivity index (χ1v) is 12.3. The number of nitriles is 1. The largest absolute Gasteiger partial charge is 0.490 e. The van der Waals surface area contributed by atoms with E-state index < -0.39 is 5.60 Å². The summed E-state index contributed by atoms with van der Waals surface area (Å²) in [5.74, 6) is 0.803. The summed E-state index contributed by atoms with van der Waals surface area (Å²) in [4.78, 5) is 18.6. The van der Waals surface area contributed by atoms with E-state index in [0.29, 0.717) is 25.2 Å². The summed E-state index contributed by atoms with van der Waals surface area (Å²) in [6.45, 7) is 7.55. The van der Waals surface area contributed by atoms with Crippen LogP contribution in [0.15, 0.2) is 60.9 Å². The second kappa shape index (κ2) is 9.54. The Hall–Kier alpha value is -4.05. The Labute approximate surface area is 210 Å². The smallest absolute Gasteiger partial charge is 0.410 e. The van der Waals surface area contributed by atoms with E-state index in [-0.39, 0.29) is 12.2 Å². The van der Waals surface area contributed by atoms with Gasteiger partial charge in [-0.3, -0.25) is 0 Å². The number of rotatable bonds is 4. The fourth-order valence-electron chi connectivity index (χ4n) is 4.57. The SMILES string of the molecule is CC(C)(C)OC(=O)N1CCC(Oc2ccc3ncn(Cc4ccc5ccc(C#N)cc5c4)c3c2)CC1. The van der Waals surface area contributed by atoms with E-state index in [1.807, 2.05) is 63.5 Å². The standard InChI is InChI=1S/C29H30N4O3/c1-29(2,3)36-28(34)32-12-10-24(11-13-32)35-25-8-9-26-27(16-25)33(19-31-26)18-21-5-7-22-6-4-20(17-30)14-23(22)15-21/h4-9,14-16,19,24H,10-13,18H2,1-3H3. The predicted octanol–water partition coefficient (Wildman–Crippen LogP) is 5.89. The van der Waals surface area contributed by atoms with Gasteiger partial charge in [-0.05, 0) is 67.4 Å². The molecule has 1 aliphatic rings. The lowest BCUT2D eigenvalue weighted by atomic mass is 10.0. The third-order valence-electron chi connectivity index (χ3n) is 6.38. The molecule has 0 radical (unpaired) electrons. The monoisotopic (exact) mass is 482 g/mol. The lowest BCUT2D eigenvalue weighted by Crippen LogP contribution is -2.44. The van der Waals surface area contributed by atoms with Gasteiger partial charge in [-0.15, -0.1) is 0 Å². The molecule has 0 aliphatic carbocycles. The van der Waals surface area contributed by atoms with Gasteiger partial charge in [0, 0.05) is 38.5 Å². The van der Waals surface area contributed by atoms with Gasteiger partial charge in [0.1, 0.15) is 17.5 Å². The molecule has 3 aromatic carbocycles. The summed E-state index contributed by atoms with van der Waals surface area (Å²) >= 11 is 0. The van der Waals surface area contributed by atoms with Gasteiger partial charge in [-0.1, -0.05) is 18.2 Å². The summed E-state index contributed by atoms with van der Waals surface area (Å²) in [5.41, 5.74) is 3.22. The Morgan fingerprint density at radius 2 is 1.83 bits per heavy atom. The molecular formula is C29H30N4O3. The molecule has 5 rings (SSSR count). The Morgan fingerprint density at radius 3 is 2.58 bits per heavy atom. The van der Waals surface area contributed by atoms with E-state index in [2.05, 4.69) is 33.8 Å². The molecule has 0 spiro atoms. The number of benzene rings is 3. The van der Waals surface area contributed by atoms with Crippen LogP contribution in [0.5, 0.6) is 5.75 Å². The van der Waals surface area contributed by atoms with Crippen LogP contribution < -0.4 is 4.74 Å². The lowest BCUT2D eigenvalue weighted by molar-refractivity contribution is 0.0127. The van der Waals surface area contributed by atoms with Crippen molar-refractivity contribution in [2.45, 2.75) is 51.9 Å². The molecule has 1 aromatic heterocycles. The number of hydrogen-bond donors (Lipinski definition) is 0. The zero-order valence-electron chi connectivity index (χ0n) is 20.9. The molecular weight excluding hydrogens is 452 g/mol. The second-order valence-corrected chi connectivity index (χ2v) is 10.3. The molecule has 0 unspecified atom stereocenters. The number of hydrogen-bond acceptors (Lipinski definition) is 5. The number of ether oxygens (including phenoxy) is 2. The van der Waals surface area contributed by atoms with E-state index in [0.717, 1.165) is 46.0 Å². The van der Waals surface area contributed by atoms with E-state index >= 15 is 0 Å². The molecule has 184 valence electrons. The minimum atomic E-state index is -0.491. The van der Waals surface area contributed by atoms with Crippen LogP contribution in [0.2, 0.25) is 0 Å². The van der Waals surface area contributed by atoms with Gasteiger partial charge in [0.15, 0.2) is 0 Å². The molecule has 0 saturated carbocycles. The van der Waals surface area contributed by atoms with Gasteiger partial charge in [-0.2, -0.15) is 5.26 Å². The predicted molar refractivity (Wildman–Crippen MR) is 139 cm³/mol. The van der Waals surface area contributed by atoms with Crippen LogP contribution in [0, 0.1) is 11.3 Å². The van der Waals surface area contributed by atoms with Gasteiger partial charge in [0.25, 0.3) is 0 Å². The number of carbonyl (C=O) groups excluding carboxylic acids is 1. The van der Waals surface area contributed by atoms with Crippen molar-refractivity contribution in [1.29, 1.82) is 5.26 Å². The topological polar surface area (TPSA) is 80.4 Å². The minimum Gasteiger partial charge on any atom is -0.490 e. The lowest BCUT2D eigenvalue weighted by Gasteiger charge is -2.33. The number of aromatic nitrogens is 2. The zero-order valence-corrected chi connectivity index (χ0v) is 20.9. The van der Waals surface area contributed by atoms with Gasteiger partial charge in [-0.25, -0.2) is 9.78 Å². The van der Waals surface area contributed by atoms with Crippen molar-refractivity contribution in [3.8, 4) is 11.8 Å². The Bertz CT molecular complexity index is 1450. The van der Waals surface area contributed by atoms with E-state index in [4.69, 9.17) is 9.47 Å². The first-order valence-electron chi connectivity index (χ1n) is 12.3. The van der Waals surface area contributed by atoms with Crippen LogP contribution in [-0.2, 0) is 11.3 Å². The highest BCUT2D eigenvalue weighted by atomic mass is 16.6. The number of likely N-dealkylation sites (tertiary alicyclic amines) is 1. The minimum absolute atomic E-state index is 0.0485. The molecule has 7 nitrogen and oxygen atoms in total. The Morgan fingerprint density at radius 1 is 1.06 bits per heavy atom. The normalized spacial score (nSPS) is 14.7. The third kappa shape index (κ3) is 5.28. The van der Waals surface area contributed by atoms with Crippen molar-refractivity contribution in [2.24, 2.45) is 0 Å². The first-order chi connectivity index (χ1) is 17.3. The van der Waals surface area contributed by atoms with Gasteiger partial charge in [0.05, 0.1) is 29.0 Å². The molecule has 0 bridgehead atoms. The van der Waals surface area contributed by atoms with Crippen molar-refractivity contribution < 1.29 is 14.3 Å². The summed E-state index contributed by atoms with van der Waals surface area (Å²) in [6, 6.07) is 20.3. The maximum absolute atomic E-state index is 12.3. The molecule has 36 heavy (non-hydrogen) atoms. The molecule has 1 amide bonds. The van der Waals surface area contributed by atoms with Crippen molar-refractivity contribution in [1.82, 2.24) is 14.5 Å². The molecule has 1 fully saturated rings. The second-order valence-electron chi connectivity index (χ2n) is 10.3. The van der Waals surface area contributed by atoms with Crippen LogP contribution >= 0.6 is 0 Å². The number of imidazole rings is 1. The van der Waals surface area contributed by atoms with Crippen molar-refractivity contribution in [3.05, 3.63) is 72.1 Å². The van der Waals surface area contributed by atoms with Crippen molar-refractivity contribution >= 4 is 27.9 Å². The van der Waals surface area contributed by atoms with E-state index in [1.54, 1.807) is 4.90 Å². The molecule has 0 N–H and O–H groups in total. The number of nitrogens with zero attached hydrogens (tertiary/aromatic N) is 4. The molecule has 4 aromatic rings. The molecule has 1 aliphatic heterocycles. The highest BCUT2D eigenvalue weighted by Crippen LogP contribution is 2.26. The van der Waals surface area contributed by atoms with Gasteiger partial charge < -0.3 is 18.9 Å². The number of piperidine rings is 1. The van der Waals surface area contributed by atoms with Crippen LogP contribution in [0.4, 0.5) is 4.79 Å². The first kappa shape index (κ1) is 23.7. The van der Waals surface area contributed by atoms with Crippen LogP contribution in [0.3, 0.4) is 0 Å². The van der Waals surface area contributed by atoms with E-state index in [9.17, 15) is 10.1 Å². The molecule has 2 heterocycles.